The van der Waals surface area contributed by atoms with Crippen LogP contribution >= 0.6 is 11.6 Å². The first kappa shape index (κ1) is 13.8. The molecule has 0 radical (unpaired) electrons. The first-order chi connectivity index (χ1) is 9.08. The number of aryl methyl sites for hydroxylation is 1. The number of nitrogens with zero attached hydrogens (tertiary/aromatic N) is 2. The van der Waals surface area contributed by atoms with Crippen molar-refractivity contribution in [2.45, 2.75) is 33.7 Å². The van der Waals surface area contributed by atoms with E-state index in [0.29, 0.717) is 10.6 Å². The predicted octanol–water partition coefficient (Wildman–Crippen LogP) is 4.00. The number of aromatic nitrogens is 2. The lowest BCUT2D eigenvalue weighted by molar-refractivity contribution is 0.730. The number of halogens is 1. The van der Waals surface area contributed by atoms with Crippen LogP contribution in [0.1, 0.15) is 32.8 Å². The van der Waals surface area contributed by atoms with Gasteiger partial charge in [0.2, 0.25) is 0 Å². The third-order valence-electron chi connectivity index (χ3n) is 3.25. The largest absolute Gasteiger partial charge is 0.326 e. The fourth-order valence-corrected chi connectivity index (χ4v) is 2.46. The van der Waals surface area contributed by atoms with Crippen LogP contribution in [0.2, 0.25) is 5.15 Å². The van der Waals surface area contributed by atoms with Crippen molar-refractivity contribution in [3.63, 3.8) is 0 Å². The SMILES string of the molecule is CC/C=C(\C)c1cc2cnc(Cl)cc2n(CC)c1=N. The monoisotopic (exact) mass is 275 g/mol. The highest BCUT2D eigenvalue weighted by molar-refractivity contribution is 6.30. The number of fused-ring (bicyclic) bond motifs is 1. The highest BCUT2D eigenvalue weighted by Gasteiger charge is 2.08. The molecule has 4 heteroatoms. The van der Waals surface area contributed by atoms with Gasteiger partial charge in [0.15, 0.2) is 0 Å². The van der Waals surface area contributed by atoms with Gasteiger partial charge in [-0.15, -0.1) is 0 Å². The molecule has 2 aromatic rings. The van der Waals surface area contributed by atoms with Crippen molar-refractivity contribution in [1.82, 2.24) is 9.55 Å². The van der Waals surface area contributed by atoms with E-state index in [2.05, 4.69) is 18.0 Å². The molecular weight excluding hydrogens is 258 g/mol. The summed E-state index contributed by atoms with van der Waals surface area (Å²) in [6.45, 7) is 6.92. The van der Waals surface area contributed by atoms with Crippen molar-refractivity contribution in [2.75, 3.05) is 0 Å². The summed E-state index contributed by atoms with van der Waals surface area (Å²) in [6.07, 6.45) is 4.88. The van der Waals surface area contributed by atoms with E-state index in [1.165, 1.54) is 0 Å². The summed E-state index contributed by atoms with van der Waals surface area (Å²) in [4.78, 5) is 4.13. The van der Waals surface area contributed by atoms with E-state index < -0.39 is 0 Å². The van der Waals surface area contributed by atoms with Gasteiger partial charge in [-0.2, -0.15) is 0 Å². The third kappa shape index (κ3) is 2.56. The van der Waals surface area contributed by atoms with Crippen molar-refractivity contribution in [3.8, 4) is 0 Å². The summed E-state index contributed by atoms with van der Waals surface area (Å²) in [5.74, 6) is 0. The second-order valence-corrected chi connectivity index (χ2v) is 4.90. The van der Waals surface area contributed by atoms with E-state index in [1.54, 1.807) is 6.20 Å². The molecule has 2 heterocycles. The van der Waals surface area contributed by atoms with Crippen LogP contribution in [0.5, 0.6) is 0 Å². The Morgan fingerprint density at radius 1 is 1.42 bits per heavy atom. The summed E-state index contributed by atoms with van der Waals surface area (Å²) in [6, 6.07) is 3.84. The molecule has 2 aromatic heterocycles. The van der Waals surface area contributed by atoms with Crippen molar-refractivity contribution >= 4 is 28.1 Å². The minimum Gasteiger partial charge on any atom is -0.326 e. The molecule has 2 rings (SSSR count). The summed E-state index contributed by atoms with van der Waals surface area (Å²) in [7, 11) is 0. The Balaban J connectivity index is 2.83. The Morgan fingerprint density at radius 2 is 2.16 bits per heavy atom. The van der Waals surface area contributed by atoms with Crippen LogP contribution in [0.25, 0.3) is 16.5 Å². The first-order valence-corrected chi connectivity index (χ1v) is 6.87. The Hall–Kier alpha value is -1.61. The molecule has 100 valence electrons. The minimum absolute atomic E-state index is 0.461. The number of pyridine rings is 2. The summed E-state index contributed by atoms with van der Waals surface area (Å²) >= 11 is 5.95. The molecule has 0 aliphatic heterocycles. The van der Waals surface area contributed by atoms with Crippen molar-refractivity contribution in [2.24, 2.45) is 0 Å². The lowest BCUT2D eigenvalue weighted by Crippen LogP contribution is -2.23. The fraction of sp³-hybridized carbons (Fsp3) is 0.333. The Kier molecular flexibility index (Phi) is 4.05. The summed E-state index contributed by atoms with van der Waals surface area (Å²) < 4.78 is 1.96. The normalized spacial score (nSPS) is 12.1. The number of hydrogen-bond acceptors (Lipinski definition) is 2. The molecule has 0 amide bonds. The van der Waals surface area contributed by atoms with Gasteiger partial charge in [-0.1, -0.05) is 24.6 Å². The van der Waals surface area contributed by atoms with E-state index in [1.807, 2.05) is 30.5 Å². The second kappa shape index (κ2) is 5.57. The molecule has 0 atom stereocenters. The molecule has 19 heavy (non-hydrogen) atoms. The van der Waals surface area contributed by atoms with Crippen molar-refractivity contribution in [1.29, 1.82) is 5.41 Å². The van der Waals surface area contributed by atoms with Crippen molar-refractivity contribution < 1.29 is 0 Å². The Labute approximate surface area is 118 Å². The van der Waals surface area contributed by atoms with Gasteiger partial charge >= 0.3 is 0 Å². The van der Waals surface area contributed by atoms with Gasteiger partial charge in [0, 0.05) is 23.7 Å². The zero-order valence-corrected chi connectivity index (χ0v) is 12.3. The average Bonchev–Trinajstić information content (AvgIpc) is 2.38. The maximum absolute atomic E-state index is 8.37. The van der Waals surface area contributed by atoms with Gasteiger partial charge in [-0.05, 0) is 38.0 Å². The smallest absolute Gasteiger partial charge is 0.132 e. The zero-order valence-electron chi connectivity index (χ0n) is 11.5. The van der Waals surface area contributed by atoms with Gasteiger partial charge in [0.1, 0.15) is 10.6 Å². The average molecular weight is 276 g/mol. The Bertz CT molecular complexity index is 698. The van der Waals surface area contributed by atoms with Gasteiger partial charge in [-0.25, -0.2) is 4.98 Å². The van der Waals surface area contributed by atoms with E-state index in [-0.39, 0.29) is 0 Å². The highest BCUT2D eigenvalue weighted by atomic mass is 35.5. The topological polar surface area (TPSA) is 41.7 Å². The van der Waals surface area contributed by atoms with Crippen LogP contribution in [0.3, 0.4) is 0 Å². The third-order valence-corrected chi connectivity index (χ3v) is 3.45. The standard InChI is InChI=1S/C15H18ClN3/c1-4-6-10(3)12-7-11-9-18-14(16)8-13(11)19(5-2)15(12)17/h6-9,17H,4-5H2,1-3H3/b10-6+,17-15?. The van der Waals surface area contributed by atoms with Gasteiger partial charge in [-0.3, -0.25) is 5.41 Å². The molecule has 3 nitrogen and oxygen atoms in total. The number of nitrogens with one attached hydrogen (secondary N) is 1. The van der Waals surface area contributed by atoms with Crippen LogP contribution < -0.4 is 5.49 Å². The van der Waals surface area contributed by atoms with Gasteiger partial charge in [0.05, 0.1) is 5.52 Å². The van der Waals surface area contributed by atoms with E-state index in [0.717, 1.165) is 35.0 Å². The van der Waals surface area contributed by atoms with Crippen LogP contribution in [-0.2, 0) is 6.54 Å². The summed E-state index contributed by atoms with van der Waals surface area (Å²) in [5.41, 5.74) is 3.58. The van der Waals surface area contributed by atoms with Gasteiger partial charge in [0.25, 0.3) is 0 Å². The van der Waals surface area contributed by atoms with Crippen LogP contribution in [0.15, 0.2) is 24.4 Å². The van der Waals surface area contributed by atoms with E-state index in [4.69, 9.17) is 17.0 Å². The number of allylic oxidation sites excluding steroid dienone is 2. The predicted molar refractivity (Wildman–Crippen MR) is 80.2 cm³/mol. The zero-order chi connectivity index (χ0) is 14.0. The molecule has 1 N–H and O–H groups in total. The first-order valence-electron chi connectivity index (χ1n) is 6.49. The molecule has 0 saturated carbocycles. The van der Waals surface area contributed by atoms with Crippen LogP contribution in [-0.4, -0.2) is 9.55 Å². The van der Waals surface area contributed by atoms with Gasteiger partial charge < -0.3 is 4.57 Å². The van der Waals surface area contributed by atoms with Crippen molar-refractivity contribution in [3.05, 3.63) is 40.6 Å². The molecule has 0 spiro atoms. The maximum atomic E-state index is 8.37. The lowest BCUT2D eigenvalue weighted by atomic mass is 10.1. The maximum Gasteiger partial charge on any atom is 0.132 e. The molecule has 0 fully saturated rings. The van der Waals surface area contributed by atoms with E-state index in [9.17, 15) is 0 Å². The lowest BCUT2D eigenvalue weighted by Gasteiger charge is -2.13. The molecule has 0 saturated heterocycles. The fourth-order valence-electron chi connectivity index (χ4n) is 2.31. The highest BCUT2D eigenvalue weighted by Crippen LogP contribution is 2.20. The molecule has 0 aliphatic carbocycles. The quantitative estimate of drug-likeness (QED) is 0.845. The Morgan fingerprint density at radius 3 is 2.79 bits per heavy atom. The molecule has 0 aliphatic rings. The minimum atomic E-state index is 0.461. The molecule has 0 bridgehead atoms. The van der Waals surface area contributed by atoms with E-state index >= 15 is 0 Å². The number of hydrogen-bond donors (Lipinski definition) is 1. The van der Waals surface area contributed by atoms with Crippen LogP contribution in [0.4, 0.5) is 0 Å². The second-order valence-electron chi connectivity index (χ2n) is 4.51. The molecular formula is C15H18ClN3. The molecule has 0 aromatic carbocycles. The molecule has 0 unspecified atom stereocenters. The summed E-state index contributed by atoms with van der Waals surface area (Å²) in [5, 5.41) is 9.84. The van der Waals surface area contributed by atoms with Crippen LogP contribution in [0, 0.1) is 5.41 Å². The number of rotatable bonds is 3.